The summed E-state index contributed by atoms with van der Waals surface area (Å²) in [4.78, 5) is 2.61. The van der Waals surface area contributed by atoms with Crippen molar-refractivity contribution in [3.05, 3.63) is 35.4 Å². The van der Waals surface area contributed by atoms with Gasteiger partial charge >= 0.3 is 0 Å². The Bertz CT molecular complexity index is 1060. The number of hydrogen-bond donors (Lipinski definition) is 4. The summed E-state index contributed by atoms with van der Waals surface area (Å²) in [5.41, 5.74) is 8.05. The molecule has 1 heterocycles. The number of fused-ring (bicyclic) bond motifs is 1. The molecule has 8 nitrogen and oxygen atoms in total. The van der Waals surface area contributed by atoms with Gasteiger partial charge in [0.25, 0.3) is 0 Å². The van der Waals surface area contributed by atoms with Crippen LogP contribution in [-0.2, 0) is 9.47 Å². The topological polar surface area (TPSA) is 123 Å². The highest BCUT2D eigenvalue weighted by molar-refractivity contribution is 8.02. The van der Waals surface area contributed by atoms with Crippen molar-refractivity contribution in [3.63, 3.8) is 0 Å². The van der Waals surface area contributed by atoms with Gasteiger partial charge in [-0.15, -0.1) is 11.8 Å². The number of nitrogens with two attached hydrogens (primary N) is 1. The fourth-order valence-electron chi connectivity index (χ4n) is 3.73. The fraction of sp³-hybridized carbons (Fsp3) is 0.462. The number of methoxy groups -OCH3 is 2. The van der Waals surface area contributed by atoms with Crippen LogP contribution in [-0.4, -0.2) is 58.1 Å². The number of anilines is 1. The summed E-state index contributed by atoms with van der Waals surface area (Å²) in [5.74, 6) is 2.26. The summed E-state index contributed by atoms with van der Waals surface area (Å²) >= 11 is 3.19. The lowest BCUT2D eigenvalue weighted by Gasteiger charge is -2.23. The molecule has 0 saturated carbocycles. The van der Waals surface area contributed by atoms with Crippen LogP contribution in [0.15, 0.2) is 39.0 Å². The van der Waals surface area contributed by atoms with E-state index in [0.29, 0.717) is 54.7 Å². The maximum absolute atomic E-state index is 8.61. The van der Waals surface area contributed by atoms with Crippen molar-refractivity contribution in [2.45, 2.75) is 47.3 Å². The minimum absolute atomic E-state index is 0.112. The Balaban J connectivity index is 2.18. The number of hydrogen-bond acceptors (Lipinski definition) is 9. The SMILES string of the molecule is CCCCCCSc1c(OCCOC)c2c(c(OCCOC)c1Sc1ccccc1N)C(=N)NC2=N. The van der Waals surface area contributed by atoms with Gasteiger partial charge in [0.2, 0.25) is 0 Å². The average Bonchev–Trinajstić information content (AvgIpc) is 3.16. The van der Waals surface area contributed by atoms with Crippen molar-refractivity contribution in [2.24, 2.45) is 0 Å². The van der Waals surface area contributed by atoms with Crippen LogP contribution in [0, 0.1) is 10.8 Å². The van der Waals surface area contributed by atoms with E-state index in [4.69, 9.17) is 35.5 Å². The maximum Gasteiger partial charge on any atom is 0.146 e. The van der Waals surface area contributed by atoms with Crippen LogP contribution in [0.3, 0.4) is 0 Å². The molecule has 1 aliphatic rings. The van der Waals surface area contributed by atoms with E-state index >= 15 is 0 Å². The van der Waals surface area contributed by atoms with Crippen LogP contribution in [0.4, 0.5) is 5.69 Å². The molecule has 5 N–H and O–H groups in total. The van der Waals surface area contributed by atoms with Crippen molar-refractivity contribution in [1.29, 1.82) is 10.8 Å². The van der Waals surface area contributed by atoms with E-state index in [2.05, 4.69) is 12.2 Å². The Morgan fingerprint density at radius 1 is 0.833 bits per heavy atom. The number of benzene rings is 2. The lowest BCUT2D eigenvalue weighted by molar-refractivity contribution is 0.141. The van der Waals surface area contributed by atoms with E-state index in [0.717, 1.165) is 33.3 Å². The van der Waals surface area contributed by atoms with Crippen LogP contribution < -0.4 is 20.5 Å². The molecular formula is C26H36N4O4S2. The Labute approximate surface area is 222 Å². The van der Waals surface area contributed by atoms with Gasteiger partial charge in [0.15, 0.2) is 0 Å². The molecule has 0 aromatic heterocycles. The van der Waals surface area contributed by atoms with Gasteiger partial charge in [0.1, 0.15) is 36.4 Å². The fourth-order valence-corrected chi connectivity index (χ4v) is 6.09. The maximum atomic E-state index is 8.61. The van der Waals surface area contributed by atoms with Gasteiger partial charge in [-0.3, -0.25) is 10.8 Å². The quantitative estimate of drug-likeness (QED) is 0.129. The third kappa shape index (κ3) is 6.88. The molecular weight excluding hydrogens is 496 g/mol. The van der Waals surface area contributed by atoms with E-state index in [-0.39, 0.29) is 11.7 Å². The number of rotatable bonds is 16. The van der Waals surface area contributed by atoms with Crippen molar-refractivity contribution in [1.82, 2.24) is 5.32 Å². The second-order valence-corrected chi connectivity index (χ2v) is 10.3. The summed E-state index contributed by atoms with van der Waals surface area (Å²) in [6, 6.07) is 7.69. The van der Waals surface area contributed by atoms with Gasteiger partial charge in [-0.05, 0) is 24.3 Å². The summed E-state index contributed by atoms with van der Waals surface area (Å²) in [7, 11) is 3.25. The zero-order valence-electron chi connectivity index (χ0n) is 21.2. The highest BCUT2D eigenvalue weighted by Gasteiger charge is 2.35. The molecule has 3 rings (SSSR count). The number of para-hydroxylation sites is 1. The molecule has 0 atom stereocenters. The highest BCUT2D eigenvalue weighted by Crippen LogP contribution is 2.52. The van der Waals surface area contributed by atoms with E-state index in [1.165, 1.54) is 24.6 Å². The van der Waals surface area contributed by atoms with E-state index in [1.54, 1.807) is 26.0 Å². The Kier molecular flexibility index (Phi) is 11.2. The van der Waals surface area contributed by atoms with Crippen LogP contribution in [0.5, 0.6) is 11.5 Å². The van der Waals surface area contributed by atoms with Crippen LogP contribution in [0.2, 0.25) is 0 Å². The van der Waals surface area contributed by atoms with Gasteiger partial charge in [-0.2, -0.15) is 0 Å². The smallest absolute Gasteiger partial charge is 0.146 e. The van der Waals surface area contributed by atoms with E-state index in [9.17, 15) is 0 Å². The Morgan fingerprint density at radius 3 is 2.03 bits per heavy atom. The monoisotopic (exact) mass is 532 g/mol. The highest BCUT2D eigenvalue weighted by atomic mass is 32.2. The normalized spacial score (nSPS) is 12.5. The first-order valence-corrected chi connectivity index (χ1v) is 13.9. The molecule has 0 unspecified atom stereocenters. The molecule has 0 saturated heterocycles. The lowest BCUT2D eigenvalue weighted by atomic mass is 10.1. The Morgan fingerprint density at radius 2 is 1.44 bits per heavy atom. The molecule has 2 aromatic carbocycles. The predicted molar refractivity (Wildman–Crippen MR) is 148 cm³/mol. The first kappa shape index (κ1) is 28.2. The minimum Gasteiger partial charge on any atom is -0.489 e. The molecule has 196 valence electrons. The summed E-state index contributed by atoms with van der Waals surface area (Å²) < 4.78 is 23.0. The third-order valence-electron chi connectivity index (χ3n) is 5.52. The zero-order valence-corrected chi connectivity index (χ0v) is 22.8. The number of nitrogens with one attached hydrogen (secondary N) is 3. The van der Waals surface area contributed by atoms with Crippen LogP contribution in [0.1, 0.15) is 43.7 Å². The zero-order chi connectivity index (χ0) is 25.9. The van der Waals surface area contributed by atoms with Crippen molar-refractivity contribution in [2.75, 3.05) is 52.1 Å². The lowest BCUT2D eigenvalue weighted by Crippen LogP contribution is -2.20. The van der Waals surface area contributed by atoms with Gasteiger partial charge in [-0.25, -0.2) is 0 Å². The standard InChI is InChI=1S/C26H36N4O4S2/c1-4-5-6-9-16-35-23-21(33-14-12-31-2)19-20(26(29)30-25(19)28)22(34-15-13-32-3)24(23)36-18-11-8-7-10-17(18)27/h7-8,10-11H,4-6,9,12-16,27H2,1-3H3,(H3,28,29,30). The molecule has 0 radical (unpaired) electrons. The third-order valence-corrected chi connectivity index (χ3v) is 8.00. The number of unbranched alkanes of at least 4 members (excludes halogenated alkanes) is 3. The molecule has 0 fully saturated rings. The van der Waals surface area contributed by atoms with Gasteiger partial charge in [0, 0.05) is 24.8 Å². The predicted octanol–water partition coefficient (Wildman–Crippen LogP) is 5.40. The van der Waals surface area contributed by atoms with E-state index in [1.807, 2.05) is 24.3 Å². The molecule has 2 aromatic rings. The number of ether oxygens (including phenoxy) is 4. The van der Waals surface area contributed by atoms with E-state index < -0.39 is 0 Å². The summed E-state index contributed by atoms with van der Waals surface area (Å²) in [5, 5.41) is 20.1. The second kappa shape index (κ2) is 14.4. The molecule has 1 aliphatic heterocycles. The van der Waals surface area contributed by atoms with Crippen LogP contribution >= 0.6 is 23.5 Å². The first-order valence-electron chi connectivity index (χ1n) is 12.1. The minimum atomic E-state index is 0.112. The first-order chi connectivity index (χ1) is 17.5. The van der Waals surface area contributed by atoms with Gasteiger partial charge in [-0.1, -0.05) is 50.1 Å². The largest absolute Gasteiger partial charge is 0.489 e. The van der Waals surface area contributed by atoms with Crippen molar-refractivity contribution in [3.8, 4) is 11.5 Å². The Hall–Kier alpha value is -2.40. The average molecular weight is 533 g/mol. The molecule has 0 bridgehead atoms. The molecule has 0 aliphatic carbocycles. The van der Waals surface area contributed by atoms with Crippen molar-refractivity contribution < 1.29 is 18.9 Å². The second-order valence-electron chi connectivity index (χ2n) is 8.17. The van der Waals surface area contributed by atoms with Gasteiger partial charge in [0.05, 0.1) is 34.1 Å². The number of nitrogen functional groups attached to an aromatic ring is 1. The molecule has 10 heteroatoms. The molecule has 36 heavy (non-hydrogen) atoms. The summed E-state index contributed by atoms with van der Waals surface area (Å²) in [6.45, 7) is 3.65. The van der Waals surface area contributed by atoms with Gasteiger partial charge < -0.3 is 30.0 Å². The molecule has 0 amide bonds. The van der Waals surface area contributed by atoms with Crippen molar-refractivity contribution >= 4 is 40.9 Å². The number of amidine groups is 2. The molecule has 0 spiro atoms. The van der Waals surface area contributed by atoms with Crippen LogP contribution in [0.25, 0.3) is 0 Å². The number of thioether (sulfide) groups is 1. The summed E-state index contributed by atoms with van der Waals surface area (Å²) in [6.07, 6.45) is 4.59.